The maximum absolute atomic E-state index is 13.7. The van der Waals surface area contributed by atoms with Gasteiger partial charge in [0, 0.05) is 18.6 Å². The summed E-state index contributed by atoms with van der Waals surface area (Å²) in [6, 6.07) is 4.26. The minimum absolute atomic E-state index is 0.0110. The van der Waals surface area contributed by atoms with Crippen LogP contribution < -0.4 is 0 Å². The number of aryl methyl sites for hydroxylation is 1. The minimum Gasteiger partial charge on any atom is -0.305 e. The van der Waals surface area contributed by atoms with Gasteiger partial charge in [-0.2, -0.15) is 4.31 Å². The average Bonchev–Trinajstić information content (AvgIpc) is 2.73. The van der Waals surface area contributed by atoms with Crippen molar-refractivity contribution in [3.05, 3.63) is 29.6 Å². The fourth-order valence-corrected chi connectivity index (χ4v) is 5.35. The molecule has 6 heteroatoms. The first kappa shape index (κ1) is 14.9. The van der Waals surface area contributed by atoms with Gasteiger partial charge in [0.1, 0.15) is 5.82 Å². The van der Waals surface area contributed by atoms with Crippen LogP contribution in [0.5, 0.6) is 0 Å². The van der Waals surface area contributed by atoms with Gasteiger partial charge in [-0.1, -0.05) is 6.07 Å². The van der Waals surface area contributed by atoms with Gasteiger partial charge in [-0.3, -0.25) is 0 Å². The number of hydrogen-bond donors (Lipinski definition) is 0. The molecule has 21 heavy (non-hydrogen) atoms. The third kappa shape index (κ3) is 2.60. The van der Waals surface area contributed by atoms with E-state index in [2.05, 4.69) is 4.90 Å². The fraction of sp³-hybridized carbons (Fsp3) is 0.600. The van der Waals surface area contributed by atoms with Crippen molar-refractivity contribution in [1.29, 1.82) is 0 Å². The normalized spacial score (nSPS) is 27.8. The summed E-state index contributed by atoms with van der Waals surface area (Å²) in [7, 11) is -1.59. The van der Waals surface area contributed by atoms with E-state index in [4.69, 9.17) is 0 Å². The molecule has 2 fully saturated rings. The third-order valence-corrected chi connectivity index (χ3v) is 6.64. The van der Waals surface area contributed by atoms with E-state index < -0.39 is 15.8 Å². The lowest BCUT2D eigenvalue weighted by Crippen LogP contribution is -2.42. The SMILES string of the molecule is Cc1ccc(S(=O)(=O)N2[C@H]3CC[C@@H]2CN(C)CC3)cc1F. The summed E-state index contributed by atoms with van der Waals surface area (Å²) in [4.78, 5) is 2.26. The number of benzene rings is 1. The molecule has 1 aromatic carbocycles. The Bertz CT molecular complexity index is 647. The number of likely N-dealkylation sites (tertiary alicyclic amines) is 1. The van der Waals surface area contributed by atoms with Crippen molar-refractivity contribution in [2.45, 2.75) is 43.2 Å². The van der Waals surface area contributed by atoms with Crippen molar-refractivity contribution in [2.24, 2.45) is 0 Å². The van der Waals surface area contributed by atoms with Crippen LogP contribution in [0.1, 0.15) is 24.8 Å². The highest BCUT2D eigenvalue weighted by atomic mass is 32.2. The van der Waals surface area contributed by atoms with Gasteiger partial charge in [-0.15, -0.1) is 0 Å². The molecule has 2 aliphatic heterocycles. The monoisotopic (exact) mass is 312 g/mol. The molecule has 2 bridgehead atoms. The number of rotatable bonds is 2. The predicted octanol–water partition coefficient (Wildman–Crippen LogP) is 1.99. The van der Waals surface area contributed by atoms with Crippen LogP contribution in [-0.2, 0) is 10.0 Å². The molecule has 4 nitrogen and oxygen atoms in total. The molecule has 2 aliphatic rings. The largest absolute Gasteiger partial charge is 0.305 e. The molecule has 0 aliphatic carbocycles. The van der Waals surface area contributed by atoms with E-state index in [1.54, 1.807) is 11.2 Å². The zero-order valence-corrected chi connectivity index (χ0v) is 13.2. The Hall–Kier alpha value is -0.980. The van der Waals surface area contributed by atoms with Gasteiger partial charge < -0.3 is 4.90 Å². The molecule has 0 N–H and O–H groups in total. The summed E-state index contributed by atoms with van der Waals surface area (Å²) in [5.74, 6) is -0.463. The second-order valence-corrected chi connectivity index (χ2v) is 8.03. The zero-order valence-electron chi connectivity index (χ0n) is 12.4. The molecule has 0 amide bonds. The first-order valence-corrected chi connectivity index (χ1v) is 8.82. The lowest BCUT2D eigenvalue weighted by Gasteiger charge is -2.27. The quantitative estimate of drug-likeness (QED) is 0.838. The van der Waals surface area contributed by atoms with Gasteiger partial charge in [0.25, 0.3) is 0 Å². The molecule has 116 valence electrons. The van der Waals surface area contributed by atoms with Crippen LogP contribution in [-0.4, -0.2) is 49.8 Å². The van der Waals surface area contributed by atoms with Crippen molar-refractivity contribution in [3.63, 3.8) is 0 Å². The lowest BCUT2D eigenvalue weighted by molar-refractivity contribution is 0.289. The maximum Gasteiger partial charge on any atom is 0.243 e. The van der Waals surface area contributed by atoms with E-state index in [-0.39, 0.29) is 17.0 Å². The average molecular weight is 312 g/mol. The second-order valence-electron chi connectivity index (χ2n) is 6.18. The van der Waals surface area contributed by atoms with E-state index in [0.29, 0.717) is 5.56 Å². The molecule has 0 spiro atoms. The summed E-state index contributed by atoms with van der Waals surface area (Å²) in [6.07, 6.45) is 2.65. The van der Waals surface area contributed by atoms with Crippen LogP contribution in [0, 0.1) is 12.7 Å². The Kier molecular flexibility index (Phi) is 3.80. The summed E-state index contributed by atoms with van der Waals surface area (Å²) in [6.45, 7) is 3.30. The predicted molar refractivity (Wildman–Crippen MR) is 79.1 cm³/mol. The van der Waals surface area contributed by atoms with Crippen LogP contribution in [0.15, 0.2) is 23.1 Å². The first-order valence-electron chi connectivity index (χ1n) is 7.38. The van der Waals surface area contributed by atoms with Gasteiger partial charge >= 0.3 is 0 Å². The Morgan fingerprint density at radius 1 is 1.19 bits per heavy atom. The van der Waals surface area contributed by atoms with E-state index in [0.717, 1.165) is 38.4 Å². The number of likely N-dealkylation sites (N-methyl/N-ethyl adjacent to an activating group) is 1. The lowest BCUT2D eigenvalue weighted by atomic mass is 10.1. The Morgan fingerprint density at radius 3 is 2.62 bits per heavy atom. The third-order valence-electron chi connectivity index (χ3n) is 4.64. The standard InChI is InChI=1S/C15H21FN2O2S/c1-11-3-6-14(9-15(11)16)21(19,20)18-12-4-5-13(18)10-17(2)8-7-12/h3,6,9,12-13H,4-5,7-8,10H2,1-2H3/t12-,13+/m0/s1. The van der Waals surface area contributed by atoms with E-state index in [1.807, 2.05) is 7.05 Å². The molecule has 3 rings (SSSR count). The highest BCUT2D eigenvalue weighted by molar-refractivity contribution is 7.89. The molecule has 2 heterocycles. The number of hydrogen-bond acceptors (Lipinski definition) is 3. The van der Waals surface area contributed by atoms with Crippen LogP contribution in [0.4, 0.5) is 4.39 Å². The van der Waals surface area contributed by atoms with Gasteiger partial charge in [0.15, 0.2) is 0 Å². The molecule has 0 radical (unpaired) electrons. The van der Waals surface area contributed by atoms with E-state index >= 15 is 0 Å². The van der Waals surface area contributed by atoms with Crippen LogP contribution in [0.25, 0.3) is 0 Å². The first-order chi connectivity index (χ1) is 9.89. The van der Waals surface area contributed by atoms with Crippen LogP contribution >= 0.6 is 0 Å². The molecular weight excluding hydrogens is 291 g/mol. The number of halogens is 1. The van der Waals surface area contributed by atoms with Gasteiger partial charge in [0.05, 0.1) is 4.90 Å². The van der Waals surface area contributed by atoms with Crippen molar-refractivity contribution in [3.8, 4) is 0 Å². The Labute approximate surface area is 125 Å². The molecule has 2 saturated heterocycles. The highest BCUT2D eigenvalue weighted by Gasteiger charge is 2.44. The topological polar surface area (TPSA) is 40.6 Å². The molecule has 0 unspecified atom stereocenters. The smallest absolute Gasteiger partial charge is 0.243 e. The van der Waals surface area contributed by atoms with Crippen molar-refractivity contribution in [2.75, 3.05) is 20.1 Å². The Morgan fingerprint density at radius 2 is 1.90 bits per heavy atom. The summed E-state index contributed by atoms with van der Waals surface area (Å²) >= 11 is 0. The molecule has 2 atom stereocenters. The van der Waals surface area contributed by atoms with E-state index in [9.17, 15) is 12.8 Å². The maximum atomic E-state index is 13.7. The van der Waals surface area contributed by atoms with Crippen molar-refractivity contribution < 1.29 is 12.8 Å². The Balaban J connectivity index is 1.99. The van der Waals surface area contributed by atoms with Crippen LogP contribution in [0.2, 0.25) is 0 Å². The van der Waals surface area contributed by atoms with Gasteiger partial charge in [-0.25, -0.2) is 12.8 Å². The van der Waals surface area contributed by atoms with Crippen molar-refractivity contribution >= 4 is 10.0 Å². The minimum atomic E-state index is -3.62. The van der Waals surface area contributed by atoms with Gasteiger partial charge in [-0.05, 0) is 57.5 Å². The number of fused-ring (bicyclic) bond motifs is 2. The molecule has 1 aromatic rings. The number of nitrogens with zero attached hydrogens (tertiary/aromatic N) is 2. The molecule has 0 saturated carbocycles. The van der Waals surface area contributed by atoms with Crippen molar-refractivity contribution in [1.82, 2.24) is 9.21 Å². The van der Waals surface area contributed by atoms with Crippen LogP contribution in [0.3, 0.4) is 0 Å². The zero-order chi connectivity index (χ0) is 15.2. The molecule has 0 aromatic heterocycles. The summed E-state index contributed by atoms with van der Waals surface area (Å²) in [5, 5.41) is 0. The number of sulfonamides is 1. The summed E-state index contributed by atoms with van der Waals surface area (Å²) < 4.78 is 41.2. The molecular formula is C15H21FN2O2S. The van der Waals surface area contributed by atoms with E-state index in [1.165, 1.54) is 12.1 Å². The summed E-state index contributed by atoms with van der Waals surface area (Å²) in [5.41, 5.74) is 0.465. The second kappa shape index (κ2) is 5.34. The van der Waals surface area contributed by atoms with Gasteiger partial charge in [0.2, 0.25) is 10.0 Å². The highest BCUT2D eigenvalue weighted by Crippen LogP contribution is 2.35. The fourth-order valence-electron chi connectivity index (χ4n) is 3.45.